The number of alkyl halides is 2. The zero-order chi connectivity index (χ0) is 23.0. The van der Waals surface area contributed by atoms with Crippen LogP contribution in [-0.2, 0) is 17.9 Å². The summed E-state index contributed by atoms with van der Waals surface area (Å²) in [4.78, 5) is 17.0. The Bertz CT molecular complexity index is 1280. The Hall–Kier alpha value is -3.27. The zero-order valence-electron chi connectivity index (χ0n) is 17.7. The molecule has 0 fully saturated rings. The van der Waals surface area contributed by atoms with Gasteiger partial charge in [0.15, 0.2) is 11.4 Å². The van der Waals surface area contributed by atoms with Gasteiger partial charge >= 0.3 is 0 Å². The number of amides is 1. The van der Waals surface area contributed by atoms with Gasteiger partial charge in [-0.3, -0.25) is 9.48 Å². The maximum atomic E-state index is 13.8. The van der Waals surface area contributed by atoms with Crippen LogP contribution < -0.4 is 5.32 Å². The van der Waals surface area contributed by atoms with Gasteiger partial charge in [0, 0.05) is 12.1 Å². The minimum atomic E-state index is -2.73. The number of carbonyl (C=O) groups excluding carboxylic acids is 1. The number of aromatic nitrogens is 5. The fraction of sp³-hybridized carbons (Fsp3) is 0.333. The van der Waals surface area contributed by atoms with Crippen LogP contribution in [0.5, 0.6) is 0 Å². The third-order valence-corrected chi connectivity index (χ3v) is 5.70. The summed E-state index contributed by atoms with van der Waals surface area (Å²) >= 11 is 6.14. The number of nitrogens with one attached hydrogen (secondary N) is 1. The molecule has 0 unspecified atom stereocenters. The van der Waals surface area contributed by atoms with Crippen LogP contribution >= 0.6 is 11.6 Å². The molecular formula is C21H21ClF2N6O2. The number of hydrogen-bond acceptors (Lipinski definition) is 5. The summed E-state index contributed by atoms with van der Waals surface area (Å²) in [5.41, 5.74) is 2.17. The smallest absolute Gasteiger partial charge is 0.264 e. The third kappa shape index (κ3) is 4.10. The lowest BCUT2D eigenvalue weighted by molar-refractivity contribution is -0.121. The number of hydrogen-bond donors (Lipinski definition) is 1. The normalized spacial score (nSPS) is 11.6. The van der Waals surface area contributed by atoms with Crippen molar-refractivity contribution < 1.29 is 18.0 Å². The molecule has 0 radical (unpaired) electrons. The molecule has 0 aliphatic rings. The molecule has 1 N–H and O–H groups in total. The topological polar surface area (TPSA) is 90.8 Å². The van der Waals surface area contributed by atoms with E-state index in [4.69, 9.17) is 16.0 Å². The first-order chi connectivity index (χ1) is 15.3. The Morgan fingerprint density at radius 2 is 1.97 bits per heavy atom. The number of halogens is 3. The Balaban J connectivity index is 1.56. The molecule has 8 nitrogen and oxygen atoms in total. The van der Waals surface area contributed by atoms with E-state index in [1.165, 1.54) is 17.0 Å². The van der Waals surface area contributed by atoms with E-state index < -0.39 is 6.43 Å². The maximum Gasteiger partial charge on any atom is 0.264 e. The number of furan rings is 1. The van der Waals surface area contributed by atoms with E-state index in [0.717, 1.165) is 11.4 Å². The molecule has 4 aromatic heterocycles. The molecule has 0 saturated heterocycles. The molecular weight excluding hydrogens is 442 g/mol. The van der Waals surface area contributed by atoms with Crippen LogP contribution in [0.4, 0.5) is 8.78 Å². The first-order valence-corrected chi connectivity index (χ1v) is 10.3. The number of pyridine rings is 1. The van der Waals surface area contributed by atoms with Crippen LogP contribution in [-0.4, -0.2) is 37.0 Å². The second-order valence-electron chi connectivity index (χ2n) is 7.37. The van der Waals surface area contributed by atoms with Crippen LogP contribution in [0.25, 0.3) is 22.5 Å². The first kappa shape index (κ1) is 21.9. The van der Waals surface area contributed by atoms with Crippen molar-refractivity contribution in [2.24, 2.45) is 0 Å². The van der Waals surface area contributed by atoms with Crippen molar-refractivity contribution in [3.05, 3.63) is 52.1 Å². The van der Waals surface area contributed by atoms with Crippen LogP contribution in [0.2, 0.25) is 5.02 Å². The van der Waals surface area contributed by atoms with Crippen molar-refractivity contribution >= 4 is 28.5 Å². The summed E-state index contributed by atoms with van der Waals surface area (Å²) < 4.78 is 35.9. The van der Waals surface area contributed by atoms with Crippen molar-refractivity contribution in [2.75, 3.05) is 6.54 Å². The van der Waals surface area contributed by atoms with Crippen LogP contribution in [0, 0.1) is 20.8 Å². The lowest BCUT2D eigenvalue weighted by Crippen LogP contribution is -2.31. The van der Waals surface area contributed by atoms with E-state index >= 15 is 0 Å². The summed E-state index contributed by atoms with van der Waals surface area (Å²) in [5.74, 6) is 0.0260. The van der Waals surface area contributed by atoms with Crippen LogP contribution in [0.3, 0.4) is 0 Å². The second kappa shape index (κ2) is 8.70. The summed E-state index contributed by atoms with van der Waals surface area (Å²) in [6, 6.07) is 4.58. The van der Waals surface area contributed by atoms with Gasteiger partial charge in [0.05, 0.1) is 40.3 Å². The van der Waals surface area contributed by atoms with Gasteiger partial charge in [0.25, 0.3) is 6.43 Å². The standard InChI is InChI=1S/C21H21ClF2N6O2/c1-11-18-14(20(23)24)9-15(16-5-4-8-32-16)26-21(18)30(27-11)10-17(31)25-6-7-29-13(3)19(22)12(2)28-29/h4-5,8-9,20H,6-7,10H2,1-3H3,(H,25,31). The van der Waals surface area contributed by atoms with Crippen molar-refractivity contribution in [2.45, 2.75) is 40.3 Å². The average Bonchev–Trinajstić information content (AvgIpc) is 3.45. The molecule has 168 valence electrons. The van der Waals surface area contributed by atoms with Gasteiger partial charge < -0.3 is 9.73 Å². The molecule has 4 rings (SSSR count). The lowest BCUT2D eigenvalue weighted by Gasteiger charge is -2.09. The van der Waals surface area contributed by atoms with E-state index in [9.17, 15) is 13.6 Å². The second-order valence-corrected chi connectivity index (χ2v) is 7.75. The summed E-state index contributed by atoms with van der Waals surface area (Å²) in [7, 11) is 0. The van der Waals surface area contributed by atoms with Crippen molar-refractivity contribution in [3.63, 3.8) is 0 Å². The molecule has 4 aromatic rings. The predicted octanol–water partition coefficient (Wildman–Crippen LogP) is 4.22. The summed E-state index contributed by atoms with van der Waals surface area (Å²) in [6.07, 6.45) is -1.29. The van der Waals surface area contributed by atoms with Gasteiger partial charge in [-0.15, -0.1) is 0 Å². The molecule has 0 aliphatic heterocycles. The molecule has 0 atom stereocenters. The minimum absolute atomic E-state index is 0.167. The average molecular weight is 463 g/mol. The fourth-order valence-electron chi connectivity index (χ4n) is 3.61. The highest BCUT2D eigenvalue weighted by molar-refractivity contribution is 6.31. The number of carbonyl (C=O) groups is 1. The molecule has 1 amide bonds. The number of rotatable bonds is 7. The number of aryl methyl sites for hydroxylation is 2. The van der Waals surface area contributed by atoms with Crippen LogP contribution in [0.1, 0.15) is 29.1 Å². The third-order valence-electron chi connectivity index (χ3n) is 5.15. The minimum Gasteiger partial charge on any atom is -0.463 e. The van der Waals surface area contributed by atoms with Crippen molar-refractivity contribution in [3.8, 4) is 11.5 Å². The maximum absolute atomic E-state index is 13.8. The van der Waals surface area contributed by atoms with Gasteiger partial charge in [-0.05, 0) is 39.0 Å². The molecule has 11 heteroatoms. The highest BCUT2D eigenvalue weighted by Crippen LogP contribution is 2.33. The fourth-order valence-corrected chi connectivity index (χ4v) is 3.74. The largest absolute Gasteiger partial charge is 0.463 e. The van der Waals surface area contributed by atoms with Crippen molar-refractivity contribution in [1.82, 2.24) is 29.9 Å². The quantitative estimate of drug-likeness (QED) is 0.444. The molecule has 32 heavy (non-hydrogen) atoms. The SMILES string of the molecule is Cc1nn(CCNC(=O)Cn2nc(C)c3c(C(F)F)cc(-c4ccco4)nc32)c(C)c1Cl. The van der Waals surface area contributed by atoms with Gasteiger partial charge in [-0.25, -0.2) is 18.4 Å². The van der Waals surface area contributed by atoms with Gasteiger partial charge in [-0.2, -0.15) is 10.2 Å². The van der Waals surface area contributed by atoms with E-state index in [1.807, 2.05) is 13.8 Å². The number of fused-ring (bicyclic) bond motifs is 1. The van der Waals surface area contributed by atoms with Crippen LogP contribution in [0.15, 0.2) is 28.9 Å². The van der Waals surface area contributed by atoms with E-state index in [-0.39, 0.29) is 34.7 Å². The van der Waals surface area contributed by atoms with Gasteiger partial charge in [0.1, 0.15) is 12.2 Å². The molecule has 0 bridgehead atoms. The Morgan fingerprint density at radius 1 is 1.22 bits per heavy atom. The Kier molecular flexibility index (Phi) is 5.96. The lowest BCUT2D eigenvalue weighted by atomic mass is 10.1. The molecule has 0 spiro atoms. The molecule has 0 aliphatic carbocycles. The number of nitrogens with zero attached hydrogens (tertiary/aromatic N) is 5. The molecule has 0 aromatic carbocycles. The zero-order valence-corrected chi connectivity index (χ0v) is 18.5. The Morgan fingerprint density at radius 3 is 2.59 bits per heavy atom. The predicted molar refractivity (Wildman–Crippen MR) is 115 cm³/mol. The first-order valence-electron chi connectivity index (χ1n) is 9.92. The van der Waals surface area contributed by atoms with Gasteiger partial charge in [-0.1, -0.05) is 11.6 Å². The van der Waals surface area contributed by atoms with Gasteiger partial charge in [0.2, 0.25) is 5.91 Å². The summed E-state index contributed by atoms with van der Waals surface area (Å²) in [5, 5.41) is 12.2. The highest BCUT2D eigenvalue weighted by atomic mass is 35.5. The van der Waals surface area contributed by atoms with E-state index in [1.54, 1.807) is 23.7 Å². The molecule has 0 saturated carbocycles. The Labute approximate surface area is 187 Å². The molecule has 4 heterocycles. The monoisotopic (exact) mass is 462 g/mol. The van der Waals surface area contributed by atoms with Crippen molar-refractivity contribution in [1.29, 1.82) is 0 Å². The summed E-state index contributed by atoms with van der Waals surface area (Å²) in [6.45, 7) is 5.88. The highest BCUT2D eigenvalue weighted by Gasteiger charge is 2.22. The van der Waals surface area contributed by atoms with E-state index in [0.29, 0.717) is 29.6 Å². The van der Waals surface area contributed by atoms with E-state index in [2.05, 4.69) is 20.5 Å².